The third-order valence-corrected chi connectivity index (χ3v) is 4.79. The molecule has 1 N–H and O–H groups in total. The molecule has 0 atom stereocenters. The third-order valence-electron chi connectivity index (χ3n) is 3.60. The summed E-state index contributed by atoms with van der Waals surface area (Å²) >= 11 is 1.63. The molecule has 1 aliphatic heterocycles. The number of hydrogen-bond donors (Lipinski definition) is 1. The van der Waals surface area contributed by atoms with Gasteiger partial charge in [-0.1, -0.05) is 24.7 Å². The Hall–Kier alpha value is -0.650. The summed E-state index contributed by atoms with van der Waals surface area (Å²) in [5.41, 5.74) is 1.07. The first-order chi connectivity index (χ1) is 9.24. The molecule has 1 saturated heterocycles. The first-order valence-corrected chi connectivity index (χ1v) is 7.94. The third kappa shape index (κ3) is 3.91. The van der Waals surface area contributed by atoms with Gasteiger partial charge < -0.3 is 14.7 Å². The number of nitrogens with zero attached hydrogens (tertiary/aromatic N) is 2. The van der Waals surface area contributed by atoms with E-state index in [0.29, 0.717) is 5.92 Å². The molecule has 1 aromatic rings. The van der Waals surface area contributed by atoms with E-state index in [1.807, 2.05) is 0 Å². The van der Waals surface area contributed by atoms with Crippen LogP contribution in [0.2, 0.25) is 0 Å². The summed E-state index contributed by atoms with van der Waals surface area (Å²) < 4.78 is 5.39. The first kappa shape index (κ1) is 14.8. The molecule has 19 heavy (non-hydrogen) atoms. The van der Waals surface area contributed by atoms with E-state index in [4.69, 9.17) is 4.74 Å². The number of aliphatic hydroxyl groups excluding tert-OH is 1. The molecule has 0 bridgehead atoms. The molecule has 2 heterocycles. The van der Waals surface area contributed by atoms with E-state index in [0.717, 1.165) is 61.1 Å². The Bertz CT molecular complexity index is 389. The van der Waals surface area contributed by atoms with Crippen LogP contribution in [-0.4, -0.2) is 36.9 Å². The molecule has 0 unspecified atom stereocenters. The second kappa shape index (κ2) is 7.22. The van der Waals surface area contributed by atoms with Gasteiger partial charge in [0.1, 0.15) is 0 Å². The predicted molar refractivity (Wildman–Crippen MR) is 78.8 cm³/mol. The summed E-state index contributed by atoms with van der Waals surface area (Å²) in [6.45, 7) is 5.07. The molecule has 0 aliphatic carbocycles. The lowest BCUT2D eigenvalue weighted by Gasteiger charge is -2.26. The van der Waals surface area contributed by atoms with Gasteiger partial charge in [0, 0.05) is 26.8 Å². The van der Waals surface area contributed by atoms with Gasteiger partial charge in [-0.05, 0) is 25.2 Å². The Morgan fingerprint density at radius 3 is 2.79 bits per heavy atom. The van der Waals surface area contributed by atoms with Gasteiger partial charge in [-0.15, -0.1) is 0 Å². The van der Waals surface area contributed by atoms with Gasteiger partial charge in [0.05, 0.1) is 17.2 Å². The number of aromatic nitrogens is 1. The maximum atomic E-state index is 9.40. The fourth-order valence-corrected chi connectivity index (χ4v) is 3.42. The molecular weight excluding hydrogens is 260 g/mol. The van der Waals surface area contributed by atoms with Gasteiger partial charge in [-0.3, -0.25) is 0 Å². The van der Waals surface area contributed by atoms with Gasteiger partial charge in [0.15, 0.2) is 5.13 Å². The normalized spacial score (nSPS) is 16.8. The highest BCUT2D eigenvalue weighted by atomic mass is 32.1. The average Bonchev–Trinajstić information content (AvgIpc) is 2.83. The van der Waals surface area contributed by atoms with Crippen molar-refractivity contribution < 1.29 is 9.84 Å². The fraction of sp³-hybridized carbons (Fsp3) is 0.786. The van der Waals surface area contributed by atoms with E-state index >= 15 is 0 Å². The summed E-state index contributed by atoms with van der Waals surface area (Å²) in [5, 5.41) is 10.4. The largest absolute Gasteiger partial charge is 0.391 e. The highest BCUT2D eigenvalue weighted by Gasteiger charge is 2.19. The quantitative estimate of drug-likeness (QED) is 0.871. The van der Waals surface area contributed by atoms with Crippen molar-refractivity contribution in [3.8, 4) is 0 Å². The minimum Gasteiger partial charge on any atom is -0.391 e. The standard InChI is InChI=1S/C14H24N2O2S/c1-3-4-12-13(10-17)19-14(15-12)16(2)9-11-5-7-18-8-6-11/h11,17H,3-10H2,1-2H3. The van der Waals surface area contributed by atoms with Crippen LogP contribution in [0.1, 0.15) is 36.8 Å². The van der Waals surface area contributed by atoms with E-state index in [9.17, 15) is 5.11 Å². The minimum atomic E-state index is 0.109. The Morgan fingerprint density at radius 2 is 2.16 bits per heavy atom. The van der Waals surface area contributed by atoms with Crippen molar-refractivity contribution in [3.63, 3.8) is 0 Å². The summed E-state index contributed by atoms with van der Waals surface area (Å²) in [5.74, 6) is 0.704. The van der Waals surface area contributed by atoms with E-state index in [-0.39, 0.29) is 6.61 Å². The Labute approximate surface area is 119 Å². The zero-order chi connectivity index (χ0) is 13.7. The van der Waals surface area contributed by atoms with Crippen molar-refractivity contribution in [2.24, 2.45) is 5.92 Å². The summed E-state index contributed by atoms with van der Waals surface area (Å²) in [4.78, 5) is 7.95. The smallest absolute Gasteiger partial charge is 0.185 e. The van der Waals surface area contributed by atoms with Crippen LogP contribution < -0.4 is 4.90 Å². The van der Waals surface area contributed by atoms with Gasteiger partial charge in [0.2, 0.25) is 0 Å². The fourth-order valence-electron chi connectivity index (χ4n) is 2.48. The summed E-state index contributed by atoms with van der Waals surface area (Å²) in [7, 11) is 2.10. The van der Waals surface area contributed by atoms with Gasteiger partial charge in [-0.2, -0.15) is 0 Å². The lowest BCUT2D eigenvalue weighted by molar-refractivity contribution is 0.0685. The van der Waals surface area contributed by atoms with Crippen LogP contribution >= 0.6 is 11.3 Å². The molecule has 0 aromatic carbocycles. The predicted octanol–water partition coefficient (Wildman–Crippen LogP) is 2.45. The lowest BCUT2D eigenvalue weighted by Crippen LogP contribution is -2.29. The SMILES string of the molecule is CCCc1nc(N(C)CC2CCOCC2)sc1CO. The highest BCUT2D eigenvalue weighted by molar-refractivity contribution is 7.15. The zero-order valence-electron chi connectivity index (χ0n) is 11.9. The monoisotopic (exact) mass is 284 g/mol. The molecule has 1 aromatic heterocycles. The van der Waals surface area contributed by atoms with Crippen molar-refractivity contribution in [2.45, 2.75) is 39.2 Å². The molecule has 4 nitrogen and oxygen atoms in total. The first-order valence-electron chi connectivity index (χ1n) is 7.13. The molecule has 0 spiro atoms. The summed E-state index contributed by atoms with van der Waals surface area (Å²) in [6.07, 6.45) is 4.31. The highest BCUT2D eigenvalue weighted by Crippen LogP contribution is 2.28. The molecule has 5 heteroatoms. The van der Waals surface area contributed by atoms with Crippen LogP contribution in [0.5, 0.6) is 0 Å². The van der Waals surface area contributed by atoms with Crippen LogP contribution in [0.25, 0.3) is 0 Å². The lowest BCUT2D eigenvalue weighted by atomic mass is 10.0. The molecule has 2 rings (SSSR count). The molecule has 0 radical (unpaired) electrons. The van der Waals surface area contributed by atoms with Crippen molar-refractivity contribution in [1.29, 1.82) is 0 Å². The van der Waals surface area contributed by atoms with E-state index in [1.54, 1.807) is 11.3 Å². The van der Waals surface area contributed by atoms with Crippen LogP contribution in [0.3, 0.4) is 0 Å². The maximum absolute atomic E-state index is 9.40. The van der Waals surface area contributed by atoms with E-state index < -0.39 is 0 Å². The van der Waals surface area contributed by atoms with Crippen molar-refractivity contribution >= 4 is 16.5 Å². The number of anilines is 1. The second-order valence-electron chi connectivity index (χ2n) is 5.21. The number of hydrogen-bond acceptors (Lipinski definition) is 5. The number of thiazole rings is 1. The Balaban J connectivity index is 1.99. The van der Waals surface area contributed by atoms with E-state index in [1.165, 1.54) is 0 Å². The second-order valence-corrected chi connectivity index (χ2v) is 6.27. The van der Waals surface area contributed by atoms with Crippen LogP contribution in [0.4, 0.5) is 5.13 Å². The average molecular weight is 284 g/mol. The van der Waals surface area contributed by atoms with Gasteiger partial charge in [0.25, 0.3) is 0 Å². The van der Waals surface area contributed by atoms with Gasteiger partial charge >= 0.3 is 0 Å². The van der Waals surface area contributed by atoms with E-state index in [2.05, 4.69) is 23.9 Å². The van der Waals surface area contributed by atoms with Crippen LogP contribution in [0.15, 0.2) is 0 Å². The molecule has 1 fully saturated rings. The molecule has 108 valence electrons. The van der Waals surface area contributed by atoms with Crippen molar-refractivity contribution in [2.75, 3.05) is 31.7 Å². The number of rotatable bonds is 6. The summed E-state index contributed by atoms with van der Waals surface area (Å²) in [6, 6.07) is 0. The molecular formula is C14H24N2O2S. The van der Waals surface area contributed by atoms with Crippen LogP contribution in [-0.2, 0) is 17.8 Å². The Morgan fingerprint density at radius 1 is 1.42 bits per heavy atom. The molecule has 0 saturated carbocycles. The number of ether oxygens (including phenoxy) is 1. The maximum Gasteiger partial charge on any atom is 0.185 e. The number of aliphatic hydroxyl groups is 1. The van der Waals surface area contributed by atoms with Crippen LogP contribution in [0, 0.1) is 5.92 Å². The zero-order valence-corrected chi connectivity index (χ0v) is 12.7. The number of aryl methyl sites for hydroxylation is 1. The van der Waals surface area contributed by atoms with Gasteiger partial charge in [-0.25, -0.2) is 4.98 Å². The molecule has 1 aliphatic rings. The van der Waals surface area contributed by atoms with Crippen molar-refractivity contribution in [1.82, 2.24) is 4.98 Å². The Kier molecular flexibility index (Phi) is 5.60. The molecule has 0 amide bonds. The minimum absolute atomic E-state index is 0.109. The van der Waals surface area contributed by atoms with Crippen molar-refractivity contribution in [3.05, 3.63) is 10.6 Å². The topological polar surface area (TPSA) is 45.6 Å².